The molecule has 9 heteroatoms. The van der Waals surface area contributed by atoms with Crippen LogP contribution in [-0.4, -0.2) is 42.4 Å². The number of anilines is 1. The molecule has 0 bridgehead atoms. The van der Waals surface area contributed by atoms with Gasteiger partial charge in [0.05, 0.1) is 5.75 Å². The van der Waals surface area contributed by atoms with Gasteiger partial charge in [0.2, 0.25) is 5.91 Å². The van der Waals surface area contributed by atoms with Crippen molar-refractivity contribution < 1.29 is 4.79 Å². The highest BCUT2D eigenvalue weighted by Gasteiger charge is 2.31. The van der Waals surface area contributed by atoms with Crippen molar-refractivity contribution in [2.45, 2.75) is 43.3 Å². The van der Waals surface area contributed by atoms with Crippen LogP contribution >= 0.6 is 24.4 Å². The van der Waals surface area contributed by atoms with Crippen LogP contribution in [0.15, 0.2) is 47.9 Å². The molecule has 0 spiro atoms. The van der Waals surface area contributed by atoms with Crippen LogP contribution in [0, 0.1) is 0 Å². The summed E-state index contributed by atoms with van der Waals surface area (Å²) >= 11 is 6.04. The highest BCUT2D eigenvalue weighted by molar-refractivity contribution is 7.99. The van der Waals surface area contributed by atoms with Gasteiger partial charge in [-0.2, -0.15) is 12.6 Å². The van der Waals surface area contributed by atoms with Gasteiger partial charge in [0.1, 0.15) is 11.1 Å². The lowest BCUT2D eigenvalue weighted by Crippen LogP contribution is -2.37. The predicted octanol–water partition coefficient (Wildman–Crippen LogP) is 3.18. The van der Waals surface area contributed by atoms with E-state index < -0.39 is 0 Å². The van der Waals surface area contributed by atoms with Gasteiger partial charge < -0.3 is 9.47 Å². The molecule has 2 unspecified atom stereocenters. The number of amides is 1. The van der Waals surface area contributed by atoms with Crippen LogP contribution in [0.4, 0.5) is 5.69 Å². The average Bonchev–Trinajstić information content (AvgIpc) is 3.31. The molecule has 4 rings (SSSR count). The van der Waals surface area contributed by atoms with Crippen LogP contribution in [0.1, 0.15) is 36.3 Å². The second-order valence-corrected chi connectivity index (χ2v) is 8.29. The molecule has 0 saturated heterocycles. The Morgan fingerprint density at radius 3 is 2.76 bits per heavy atom. The van der Waals surface area contributed by atoms with E-state index in [1.54, 1.807) is 18.5 Å². The second-order valence-electron chi connectivity index (χ2n) is 6.83. The van der Waals surface area contributed by atoms with E-state index in [0.29, 0.717) is 29.1 Å². The van der Waals surface area contributed by atoms with Gasteiger partial charge in [0.15, 0.2) is 11.0 Å². The van der Waals surface area contributed by atoms with Crippen molar-refractivity contribution in [1.82, 2.24) is 24.7 Å². The summed E-state index contributed by atoms with van der Waals surface area (Å²) in [5, 5.41) is 8.92. The van der Waals surface area contributed by atoms with E-state index >= 15 is 0 Å². The topological polar surface area (TPSA) is 76.8 Å². The third-order valence-electron chi connectivity index (χ3n) is 4.94. The molecule has 0 saturated carbocycles. The fourth-order valence-corrected chi connectivity index (χ4v) is 4.81. The lowest BCUT2D eigenvalue weighted by Gasteiger charge is -2.22. The zero-order valence-corrected chi connectivity index (χ0v) is 18.0. The maximum atomic E-state index is 13.0. The summed E-state index contributed by atoms with van der Waals surface area (Å²) in [7, 11) is 0. The van der Waals surface area contributed by atoms with Gasteiger partial charge in [-0.25, -0.2) is 9.97 Å². The molecule has 2 aromatic heterocycles. The van der Waals surface area contributed by atoms with Crippen LogP contribution < -0.4 is 4.90 Å². The molecule has 0 N–H and O–H groups in total. The zero-order valence-electron chi connectivity index (χ0n) is 16.3. The van der Waals surface area contributed by atoms with Gasteiger partial charge in [-0.05, 0) is 38.0 Å². The minimum absolute atomic E-state index is 0.0773. The van der Waals surface area contributed by atoms with E-state index in [0.717, 1.165) is 12.1 Å². The zero-order chi connectivity index (χ0) is 20.4. The third-order valence-corrected chi connectivity index (χ3v) is 6.35. The second kappa shape index (κ2) is 8.54. The van der Waals surface area contributed by atoms with E-state index in [1.807, 2.05) is 34.6 Å². The molecule has 29 heavy (non-hydrogen) atoms. The molecule has 1 aliphatic rings. The molecule has 150 valence electrons. The van der Waals surface area contributed by atoms with E-state index in [2.05, 4.69) is 45.8 Å². The van der Waals surface area contributed by atoms with Crippen molar-refractivity contribution in [3.05, 3.63) is 59.9 Å². The molecule has 0 radical (unpaired) electrons. The van der Waals surface area contributed by atoms with Gasteiger partial charge >= 0.3 is 0 Å². The van der Waals surface area contributed by atoms with Crippen LogP contribution in [0.5, 0.6) is 0 Å². The van der Waals surface area contributed by atoms with E-state index in [9.17, 15) is 4.79 Å². The fourth-order valence-electron chi connectivity index (χ4n) is 3.62. The molecular weight excluding hydrogens is 404 g/mol. The first-order valence-corrected chi connectivity index (χ1v) is 11.0. The summed E-state index contributed by atoms with van der Waals surface area (Å²) in [5.74, 6) is 1.63. The number of carbonyl (C=O) groups excluding carboxylic acids is 1. The van der Waals surface area contributed by atoms with Crippen molar-refractivity contribution in [2.75, 3.05) is 10.7 Å². The number of thioether (sulfide) groups is 1. The Morgan fingerprint density at radius 2 is 2.00 bits per heavy atom. The van der Waals surface area contributed by atoms with Crippen LogP contribution in [0.2, 0.25) is 0 Å². The molecule has 0 aliphatic carbocycles. The smallest absolute Gasteiger partial charge is 0.237 e. The fraction of sp³-hybridized carbons (Fsp3) is 0.350. The van der Waals surface area contributed by atoms with Gasteiger partial charge in [-0.15, -0.1) is 10.2 Å². The first kappa shape index (κ1) is 19.9. The first-order valence-electron chi connectivity index (χ1n) is 9.51. The monoisotopic (exact) mass is 426 g/mol. The Bertz CT molecular complexity index is 1010. The van der Waals surface area contributed by atoms with Crippen molar-refractivity contribution in [3.8, 4) is 0 Å². The predicted molar refractivity (Wildman–Crippen MR) is 116 cm³/mol. The number of aromatic nitrogens is 5. The van der Waals surface area contributed by atoms with Crippen LogP contribution in [0.3, 0.4) is 0 Å². The van der Waals surface area contributed by atoms with Crippen molar-refractivity contribution in [1.29, 1.82) is 0 Å². The summed E-state index contributed by atoms with van der Waals surface area (Å²) in [6.45, 7) is 4.77. The first-order chi connectivity index (χ1) is 14.1. The Balaban J connectivity index is 1.49. The Kier molecular flexibility index (Phi) is 5.86. The average molecular weight is 427 g/mol. The molecule has 1 amide bonds. The number of thiol groups is 1. The molecule has 2 atom stereocenters. The summed E-state index contributed by atoms with van der Waals surface area (Å²) < 4.78 is 1.97. The highest BCUT2D eigenvalue weighted by Crippen LogP contribution is 2.33. The van der Waals surface area contributed by atoms with E-state index in [-0.39, 0.29) is 17.2 Å². The maximum Gasteiger partial charge on any atom is 0.237 e. The number of fused-ring (bicyclic) bond motifs is 1. The minimum Gasteiger partial charge on any atom is -0.308 e. The number of benzene rings is 1. The molecule has 0 fully saturated rings. The van der Waals surface area contributed by atoms with Gasteiger partial charge in [-0.3, -0.25) is 4.79 Å². The number of hydrogen-bond donors (Lipinski definition) is 1. The summed E-state index contributed by atoms with van der Waals surface area (Å²) in [4.78, 5) is 23.4. The van der Waals surface area contributed by atoms with Crippen LogP contribution in [0.25, 0.3) is 0 Å². The molecule has 1 aliphatic heterocycles. The van der Waals surface area contributed by atoms with Crippen molar-refractivity contribution >= 4 is 36.0 Å². The summed E-state index contributed by atoms with van der Waals surface area (Å²) in [5.41, 5.74) is 2.23. The lowest BCUT2D eigenvalue weighted by molar-refractivity contribution is -0.116. The summed E-state index contributed by atoms with van der Waals surface area (Å²) in [6, 6.07) is 10.0. The Morgan fingerprint density at radius 1 is 1.24 bits per heavy atom. The largest absolute Gasteiger partial charge is 0.308 e. The molecule has 3 aromatic rings. The van der Waals surface area contributed by atoms with E-state index in [4.69, 9.17) is 0 Å². The van der Waals surface area contributed by atoms with Gasteiger partial charge in [0.25, 0.3) is 0 Å². The normalized spacial score (nSPS) is 16.7. The van der Waals surface area contributed by atoms with Gasteiger partial charge in [0, 0.05) is 30.7 Å². The number of nitrogens with zero attached hydrogens (tertiary/aromatic N) is 6. The lowest BCUT2D eigenvalue weighted by atomic mass is 10.1. The Labute approximate surface area is 179 Å². The Hall–Kier alpha value is -2.39. The quantitative estimate of drug-likeness (QED) is 0.482. The third kappa shape index (κ3) is 3.89. The SMILES string of the molecule is CCn1c(SCC(=O)N2c3ccccc3CC2C)nnc1C(S)c1ncccn1. The van der Waals surface area contributed by atoms with Crippen molar-refractivity contribution in [3.63, 3.8) is 0 Å². The van der Waals surface area contributed by atoms with Crippen LogP contribution in [-0.2, 0) is 17.8 Å². The van der Waals surface area contributed by atoms with Gasteiger partial charge in [-0.1, -0.05) is 30.0 Å². The number of hydrogen-bond acceptors (Lipinski definition) is 7. The number of para-hydroxylation sites is 1. The summed E-state index contributed by atoms with van der Waals surface area (Å²) in [6.07, 6.45) is 4.25. The van der Waals surface area contributed by atoms with Crippen molar-refractivity contribution in [2.24, 2.45) is 0 Å². The van der Waals surface area contributed by atoms with E-state index in [1.165, 1.54) is 17.3 Å². The molecule has 3 heterocycles. The molecular formula is C20H22N6OS2. The standard InChI is InChI=1S/C20H22N6OS2/c1-3-25-19(17(28)18-21-9-6-10-22-18)23-24-20(25)29-12-16(27)26-13(2)11-14-7-4-5-8-15(14)26/h4-10,13,17,28H,3,11-12H2,1-2H3. The maximum absolute atomic E-state index is 13.0. The molecule has 1 aromatic carbocycles. The molecule has 7 nitrogen and oxygen atoms in total. The number of rotatable bonds is 6. The minimum atomic E-state index is -0.376. The highest BCUT2D eigenvalue weighted by atomic mass is 32.2. The number of carbonyl (C=O) groups is 1.